The zero-order chi connectivity index (χ0) is 20.5. The van der Waals surface area contributed by atoms with Crippen LogP contribution >= 0.6 is 0 Å². The molecule has 0 atom stereocenters. The highest BCUT2D eigenvalue weighted by Crippen LogP contribution is 2.15. The van der Waals surface area contributed by atoms with E-state index in [0.717, 1.165) is 12.0 Å². The molecule has 0 spiro atoms. The number of anilines is 1. The van der Waals surface area contributed by atoms with Crippen molar-refractivity contribution < 1.29 is 9.59 Å². The third-order valence-corrected chi connectivity index (χ3v) is 4.11. The minimum atomic E-state index is -0.349. The van der Waals surface area contributed by atoms with Gasteiger partial charge in [-0.3, -0.25) is 9.59 Å². The molecule has 0 aliphatic heterocycles. The van der Waals surface area contributed by atoms with Crippen LogP contribution in [-0.2, 0) is 11.3 Å². The Labute approximate surface area is 169 Å². The molecule has 7 nitrogen and oxygen atoms in total. The summed E-state index contributed by atoms with van der Waals surface area (Å²) in [5.74, 6) is -0.561. The van der Waals surface area contributed by atoms with Crippen LogP contribution in [0.3, 0.4) is 0 Å². The summed E-state index contributed by atoms with van der Waals surface area (Å²) in [5, 5.41) is 13.7. The minimum Gasteiger partial charge on any atom is -0.352 e. The fourth-order valence-electron chi connectivity index (χ4n) is 2.70. The van der Waals surface area contributed by atoms with Crippen molar-refractivity contribution in [3.8, 4) is 0 Å². The number of nitrogens with zero attached hydrogens (tertiary/aromatic N) is 3. The maximum atomic E-state index is 12.3. The molecule has 0 fully saturated rings. The van der Waals surface area contributed by atoms with Gasteiger partial charge in [-0.25, -0.2) is 4.68 Å². The summed E-state index contributed by atoms with van der Waals surface area (Å²) < 4.78 is 1.71. The highest BCUT2D eigenvalue weighted by molar-refractivity contribution is 6.07. The molecule has 2 N–H and O–H groups in total. The Morgan fingerprint density at radius 1 is 1.07 bits per heavy atom. The van der Waals surface area contributed by atoms with Gasteiger partial charge in [0.2, 0.25) is 5.91 Å². The van der Waals surface area contributed by atoms with Crippen LogP contribution in [0.5, 0.6) is 0 Å². The summed E-state index contributed by atoms with van der Waals surface area (Å²) in [4.78, 5) is 24.5. The standard InChI is InChI=1S/C22H23N5O2/c1-2-14-23-22(29)19-10-6-7-11-20(19)24-21(28)13-12-18-16-27(26-25-18)15-17-8-4-3-5-9-17/h3-13,16H,2,14-15H2,1H3,(H,23,29)(H,24,28)/b13-12+. The van der Waals surface area contributed by atoms with Gasteiger partial charge in [0.05, 0.1) is 24.0 Å². The van der Waals surface area contributed by atoms with Crippen molar-refractivity contribution in [2.75, 3.05) is 11.9 Å². The summed E-state index contributed by atoms with van der Waals surface area (Å²) in [6.07, 6.45) is 5.57. The van der Waals surface area contributed by atoms with Gasteiger partial charge in [0, 0.05) is 12.6 Å². The first-order valence-corrected chi connectivity index (χ1v) is 9.46. The first-order valence-electron chi connectivity index (χ1n) is 9.46. The van der Waals surface area contributed by atoms with Crippen molar-refractivity contribution in [1.29, 1.82) is 0 Å². The number of rotatable bonds is 8. The number of para-hydroxylation sites is 1. The van der Waals surface area contributed by atoms with Crippen LogP contribution in [0.25, 0.3) is 6.08 Å². The monoisotopic (exact) mass is 389 g/mol. The molecule has 2 amide bonds. The SMILES string of the molecule is CCCNC(=O)c1ccccc1NC(=O)/C=C/c1cn(Cc2ccccc2)nn1. The summed E-state index contributed by atoms with van der Waals surface area (Å²) in [6, 6.07) is 16.8. The summed E-state index contributed by atoms with van der Waals surface area (Å²) in [6.45, 7) is 3.17. The number of nitrogens with one attached hydrogen (secondary N) is 2. The molecule has 29 heavy (non-hydrogen) atoms. The number of carbonyl (C=O) groups excluding carboxylic acids is 2. The number of benzene rings is 2. The molecule has 1 heterocycles. The minimum absolute atomic E-state index is 0.212. The molecule has 7 heteroatoms. The Morgan fingerprint density at radius 2 is 1.83 bits per heavy atom. The second-order valence-electron chi connectivity index (χ2n) is 6.45. The van der Waals surface area contributed by atoms with Crippen molar-refractivity contribution >= 4 is 23.6 Å². The van der Waals surface area contributed by atoms with Crippen molar-refractivity contribution in [2.45, 2.75) is 19.9 Å². The number of aromatic nitrogens is 3. The number of amides is 2. The van der Waals surface area contributed by atoms with Gasteiger partial charge in [-0.15, -0.1) is 5.10 Å². The van der Waals surface area contributed by atoms with Gasteiger partial charge in [0.1, 0.15) is 5.69 Å². The lowest BCUT2D eigenvalue weighted by Crippen LogP contribution is -2.25. The van der Waals surface area contributed by atoms with E-state index in [9.17, 15) is 9.59 Å². The number of hydrogen-bond acceptors (Lipinski definition) is 4. The third kappa shape index (κ3) is 5.87. The highest BCUT2D eigenvalue weighted by Gasteiger charge is 2.11. The molecule has 0 unspecified atom stereocenters. The molecule has 0 radical (unpaired) electrons. The second kappa shape index (κ2) is 9.98. The Balaban J connectivity index is 1.61. The summed E-state index contributed by atoms with van der Waals surface area (Å²) >= 11 is 0. The molecule has 148 valence electrons. The lowest BCUT2D eigenvalue weighted by Gasteiger charge is -2.09. The van der Waals surface area contributed by atoms with E-state index >= 15 is 0 Å². The van der Waals surface area contributed by atoms with Gasteiger partial charge in [-0.05, 0) is 30.2 Å². The van der Waals surface area contributed by atoms with Crippen LogP contribution < -0.4 is 10.6 Å². The van der Waals surface area contributed by atoms with Crippen LogP contribution in [0, 0.1) is 0 Å². The van der Waals surface area contributed by atoms with E-state index in [1.807, 2.05) is 37.3 Å². The second-order valence-corrected chi connectivity index (χ2v) is 6.45. The lowest BCUT2D eigenvalue weighted by molar-refractivity contribution is -0.111. The summed E-state index contributed by atoms with van der Waals surface area (Å²) in [5.41, 5.74) is 2.58. The average molecular weight is 389 g/mol. The van der Waals surface area contributed by atoms with E-state index in [1.54, 1.807) is 41.2 Å². The lowest BCUT2D eigenvalue weighted by atomic mass is 10.1. The fourth-order valence-corrected chi connectivity index (χ4v) is 2.70. The topological polar surface area (TPSA) is 88.9 Å². The summed E-state index contributed by atoms with van der Waals surface area (Å²) in [7, 11) is 0. The molecular formula is C22H23N5O2. The van der Waals surface area contributed by atoms with E-state index in [2.05, 4.69) is 20.9 Å². The van der Waals surface area contributed by atoms with Crippen LogP contribution in [-0.4, -0.2) is 33.4 Å². The molecule has 0 bridgehead atoms. The molecule has 0 aliphatic carbocycles. The zero-order valence-corrected chi connectivity index (χ0v) is 16.2. The van der Waals surface area contributed by atoms with E-state index in [-0.39, 0.29) is 11.8 Å². The van der Waals surface area contributed by atoms with Crippen LogP contribution in [0.4, 0.5) is 5.69 Å². The largest absolute Gasteiger partial charge is 0.352 e. The van der Waals surface area contributed by atoms with Crippen molar-refractivity contribution in [3.05, 3.63) is 83.7 Å². The third-order valence-electron chi connectivity index (χ3n) is 4.11. The Morgan fingerprint density at radius 3 is 2.62 bits per heavy atom. The smallest absolute Gasteiger partial charge is 0.253 e. The first-order chi connectivity index (χ1) is 14.2. The Kier molecular flexibility index (Phi) is 6.89. The maximum absolute atomic E-state index is 12.3. The molecule has 2 aromatic carbocycles. The first kappa shape index (κ1) is 20.0. The van der Waals surface area contributed by atoms with Crippen molar-refractivity contribution in [3.63, 3.8) is 0 Å². The molecule has 1 aromatic heterocycles. The molecule has 0 saturated heterocycles. The van der Waals surface area contributed by atoms with E-state index in [0.29, 0.717) is 30.0 Å². The quantitative estimate of drug-likeness (QED) is 0.580. The van der Waals surface area contributed by atoms with Gasteiger partial charge >= 0.3 is 0 Å². The van der Waals surface area contributed by atoms with Gasteiger partial charge < -0.3 is 10.6 Å². The maximum Gasteiger partial charge on any atom is 0.253 e. The fraction of sp³-hybridized carbons (Fsp3) is 0.182. The van der Waals surface area contributed by atoms with E-state index in [4.69, 9.17) is 0 Å². The van der Waals surface area contributed by atoms with Crippen molar-refractivity contribution in [1.82, 2.24) is 20.3 Å². The molecule has 0 aliphatic rings. The number of hydrogen-bond donors (Lipinski definition) is 2. The zero-order valence-electron chi connectivity index (χ0n) is 16.2. The molecular weight excluding hydrogens is 366 g/mol. The van der Waals surface area contributed by atoms with Gasteiger partial charge in [0.15, 0.2) is 0 Å². The van der Waals surface area contributed by atoms with Crippen molar-refractivity contribution in [2.24, 2.45) is 0 Å². The Hall–Kier alpha value is -3.74. The predicted octanol–water partition coefficient (Wildman–Crippen LogP) is 3.12. The van der Waals surface area contributed by atoms with Crippen LogP contribution in [0.2, 0.25) is 0 Å². The van der Waals surface area contributed by atoms with Gasteiger partial charge in [-0.2, -0.15) is 0 Å². The normalized spacial score (nSPS) is 10.8. The van der Waals surface area contributed by atoms with E-state index < -0.39 is 0 Å². The average Bonchev–Trinajstić information content (AvgIpc) is 3.19. The van der Waals surface area contributed by atoms with Gasteiger partial charge in [0.25, 0.3) is 5.91 Å². The molecule has 0 saturated carbocycles. The Bertz CT molecular complexity index is 995. The molecule has 3 aromatic rings. The van der Waals surface area contributed by atoms with E-state index in [1.165, 1.54) is 6.08 Å². The predicted molar refractivity (Wildman–Crippen MR) is 112 cm³/mol. The highest BCUT2D eigenvalue weighted by atomic mass is 16.2. The van der Waals surface area contributed by atoms with Crippen LogP contribution in [0.15, 0.2) is 66.9 Å². The molecule has 3 rings (SSSR count). The van der Waals surface area contributed by atoms with Crippen LogP contribution in [0.1, 0.15) is 35.0 Å². The van der Waals surface area contributed by atoms with Gasteiger partial charge in [-0.1, -0.05) is 54.6 Å². The number of carbonyl (C=O) groups is 2.